The number of furan rings is 1. The fourth-order valence-electron chi connectivity index (χ4n) is 3.97. The zero-order valence-corrected chi connectivity index (χ0v) is 18.3. The summed E-state index contributed by atoms with van der Waals surface area (Å²) in [6, 6.07) is 9.82. The molecule has 1 aromatic carbocycles. The number of carbonyl (C=O) groups excluding carboxylic acids is 1. The Morgan fingerprint density at radius 1 is 1.23 bits per heavy atom. The summed E-state index contributed by atoms with van der Waals surface area (Å²) >= 11 is 1.63. The van der Waals surface area contributed by atoms with Crippen molar-refractivity contribution in [2.75, 3.05) is 6.61 Å². The molecule has 0 unspecified atom stereocenters. The van der Waals surface area contributed by atoms with Gasteiger partial charge in [0.05, 0.1) is 12.9 Å². The molecule has 158 valence electrons. The molecule has 1 aliphatic rings. The molecular weight excluding hydrogens is 398 g/mol. The SMILES string of the molecule is CCOc1ccc(C(C)=O)cc1CSc1nnc(-c2ccco2)n1C1CCCCC1. The molecule has 4 rings (SSSR count). The van der Waals surface area contributed by atoms with Crippen LogP contribution >= 0.6 is 11.8 Å². The molecule has 2 heterocycles. The van der Waals surface area contributed by atoms with Gasteiger partial charge in [0, 0.05) is 22.9 Å². The Morgan fingerprint density at radius 2 is 2.07 bits per heavy atom. The van der Waals surface area contributed by atoms with E-state index in [4.69, 9.17) is 9.15 Å². The first kappa shape index (κ1) is 20.7. The third-order valence-corrected chi connectivity index (χ3v) is 6.46. The lowest BCUT2D eigenvalue weighted by Gasteiger charge is -2.25. The van der Waals surface area contributed by atoms with E-state index in [-0.39, 0.29) is 5.78 Å². The molecule has 1 saturated carbocycles. The van der Waals surface area contributed by atoms with E-state index in [0.717, 1.165) is 40.9 Å². The van der Waals surface area contributed by atoms with E-state index < -0.39 is 0 Å². The van der Waals surface area contributed by atoms with Gasteiger partial charge >= 0.3 is 0 Å². The second-order valence-electron chi connectivity index (χ2n) is 7.55. The Labute approximate surface area is 181 Å². The number of thioether (sulfide) groups is 1. The molecule has 0 amide bonds. The molecule has 1 fully saturated rings. The van der Waals surface area contributed by atoms with E-state index in [1.165, 1.54) is 19.3 Å². The van der Waals surface area contributed by atoms with Crippen molar-refractivity contribution in [2.45, 2.75) is 62.9 Å². The van der Waals surface area contributed by atoms with Crippen molar-refractivity contribution in [3.8, 4) is 17.3 Å². The largest absolute Gasteiger partial charge is 0.494 e. The van der Waals surface area contributed by atoms with Crippen molar-refractivity contribution < 1.29 is 13.9 Å². The topological polar surface area (TPSA) is 70.2 Å². The Morgan fingerprint density at radius 3 is 2.77 bits per heavy atom. The highest BCUT2D eigenvalue weighted by atomic mass is 32.2. The molecule has 0 aliphatic heterocycles. The van der Waals surface area contributed by atoms with Crippen LogP contribution in [-0.4, -0.2) is 27.2 Å². The molecule has 6 nitrogen and oxygen atoms in total. The fourth-order valence-corrected chi connectivity index (χ4v) is 4.95. The zero-order chi connectivity index (χ0) is 20.9. The van der Waals surface area contributed by atoms with Crippen molar-refractivity contribution in [3.05, 3.63) is 47.7 Å². The van der Waals surface area contributed by atoms with Gasteiger partial charge < -0.3 is 9.15 Å². The van der Waals surface area contributed by atoms with Crippen LogP contribution in [0, 0.1) is 0 Å². The molecule has 0 N–H and O–H groups in total. The average molecular weight is 426 g/mol. The Kier molecular flexibility index (Phi) is 6.57. The molecule has 0 spiro atoms. The first-order chi connectivity index (χ1) is 14.7. The van der Waals surface area contributed by atoms with E-state index >= 15 is 0 Å². The number of Topliss-reactive ketones (excluding diaryl/α,β-unsaturated/α-hetero) is 1. The Bertz CT molecular complexity index is 991. The summed E-state index contributed by atoms with van der Waals surface area (Å²) in [7, 11) is 0. The number of ketones is 1. The van der Waals surface area contributed by atoms with Crippen LogP contribution < -0.4 is 4.74 Å². The van der Waals surface area contributed by atoms with Gasteiger partial charge in [-0.2, -0.15) is 0 Å². The van der Waals surface area contributed by atoms with Crippen LogP contribution in [0.25, 0.3) is 11.6 Å². The summed E-state index contributed by atoms with van der Waals surface area (Å²) in [6.07, 6.45) is 7.66. The van der Waals surface area contributed by atoms with E-state index in [2.05, 4.69) is 14.8 Å². The van der Waals surface area contributed by atoms with Crippen molar-refractivity contribution >= 4 is 17.5 Å². The van der Waals surface area contributed by atoms with Crippen LogP contribution in [0.4, 0.5) is 0 Å². The molecule has 0 bridgehead atoms. The summed E-state index contributed by atoms with van der Waals surface area (Å²) in [4.78, 5) is 11.9. The summed E-state index contributed by atoms with van der Waals surface area (Å²) in [6.45, 7) is 4.13. The lowest BCUT2D eigenvalue weighted by Crippen LogP contribution is -2.15. The highest BCUT2D eigenvalue weighted by molar-refractivity contribution is 7.98. The number of nitrogens with zero attached hydrogens (tertiary/aromatic N) is 3. The van der Waals surface area contributed by atoms with Crippen LogP contribution in [0.5, 0.6) is 5.75 Å². The molecule has 30 heavy (non-hydrogen) atoms. The van der Waals surface area contributed by atoms with E-state index in [9.17, 15) is 4.79 Å². The van der Waals surface area contributed by atoms with Gasteiger partial charge in [0.1, 0.15) is 5.75 Å². The van der Waals surface area contributed by atoms with Gasteiger partial charge in [-0.25, -0.2) is 0 Å². The number of hydrogen-bond acceptors (Lipinski definition) is 6. The second kappa shape index (κ2) is 9.51. The van der Waals surface area contributed by atoms with Crippen LogP contribution in [0.1, 0.15) is 67.9 Å². The molecule has 0 saturated heterocycles. The summed E-state index contributed by atoms with van der Waals surface area (Å²) in [5.41, 5.74) is 1.69. The predicted octanol–water partition coefficient (Wildman–Crippen LogP) is 5.94. The number of carbonyl (C=O) groups is 1. The lowest BCUT2D eigenvalue weighted by atomic mass is 9.95. The molecule has 3 aromatic rings. The van der Waals surface area contributed by atoms with Gasteiger partial charge in [-0.3, -0.25) is 9.36 Å². The smallest absolute Gasteiger partial charge is 0.200 e. The van der Waals surface area contributed by atoms with Gasteiger partial charge in [0.2, 0.25) is 5.82 Å². The average Bonchev–Trinajstić information content (AvgIpc) is 3.43. The molecule has 2 aromatic heterocycles. The van der Waals surface area contributed by atoms with Gasteiger partial charge in [-0.15, -0.1) is 10.2 Å². The van der Waals surface area contributed by atoms with Gasteiger partial charge in [0.25, 0.3) is 0 Å². The standard InChI is InChI=1S/C23H27N3O3S/c1-3-28-20-12-11-17(16(2)27)14-18(20)15-30-23-25-24-22(21-10-7-13-29-21)26(23)19-8-5-4-6-9-19/h7,10-14,19H,3-6,8-9,15H2,1-2H3. The van der Waals surface area contributed by atoms with E-state index in [1.54, 1.807) is 24.9 Å². The van der Waals surface area contributed by atoms with Gasteiger partial charge in [-0.05, 0) is 57.0 Å². The quantitative estimate of drug-likeness (QED) is 0.329. The van der Waals surface area contributed by atoms with Crippen molar-refractivity contribution in [3.63, 3.8) is 0 Å². The van der Waals surface area contributed by atoms with Crippen LogP contribution in [0.3, 0.4) is 0 Å². The third kappa shape index (κ3) is 4.46. The number of ether oxygens (including phenoxy) is 1. The number of hydrogen-bond donors (Lipinski definition) is 0. The highest BCUT2D eigenvalue weighted by Gasteiger charge is 2.25. The zero-order valence-electron chi connectivity index (χ0n) is 17.5. The van der Waals surface area contributed by atoms with E-state index in [0.29, 0.717) is 24.0 Å². The summed E-state index contributed by atoms with van der Waals surface area (Å²) in [5.74, 6) is 3.05. The van der Waals surface area contributed by atoms with Gasteiger partial charge in [0.15, 0.2) is 16.7 Å². The Hall–Kier alpha value is -2.54. The predicted molar refractivity (Wildman–Crippen MR) is 117 cm³/mol. The minimum atomic E-state index is 0.0507. The second-order valence-corrected chi connectivity index (χ2v) is 8.49. The summed E-state index contributed by atoms with van der Waals surface area (Å²) < 4.78 is 13.7. The van der Waals surface area contributed by atoms with Crippen molar-refractivity contribution in [1.29, 1.82) is 0 Å². The molecule has 7 heteroatoms. The maximum atomic E-state index is 11.9. The monoisotopic (exact) mass is 425 g/mol. The van der Waals surface area contributed by atoms with Crippen LogP contribution in [-0.2, 0) is 5.75 Å². The number of aromatic nitrogens is 3. The molecular formula is C23H27N3O3S. The maximum absolute atomic E-state index is 11.9. The number of rotatable bonds is 8. The first-order valence-electron chi connectivity index (χ1n) is 10.6. The highest BCUT2D eigenvalue weighted by Crippen LogP contribution is 2.37. The lowest BCUT2D eigenvalue weighted by molar-refractivity contribution is 0.101. The minimum absolute atomic E-state index is 0.0507. The van der Waals surface area contributed by atoms with Crippen molar-refractivity contribution in [1.82, 2.24) is 14.8 Å². The molecule has 1 aliphatic carbocycles. The maximum Gasteiger partial charge on any atom is 0.200 e. The van der Waals surface area contributed by atoms with Gasteiger partial charge in [-0.1, -0.05) is 31.0 Å². The van der Waals surface area contributed by atoms with Crippen LogP contribution in [0.2, 0.25) is 0 Å². The fraction of sp³-hybridized carbons (Fsp3) is 0.435. The summed E-state index contributed by atoms with van der Waals surface area (Å²) in [5, 5.41) is 9.85. The van der Waals surface area contributed by atoms with Crippen molar-refractivity contribution in [2.24, 2.45) is 0 Å². The molecule has 0 radical (unpaired) electrons. The van der Waals surface area contributed by atoms with Crippen LogP contribution in [0.15, 0.2) is 46.2 Å². The Balaban J connectivity index is 1.64. The minimum Gasteiger partial charge on any atom is -0.494 e. The normalized spacial score (nSPS) is 14.7. The molecule has 0 atom stereocenters. The number of benzene rings is 1. The van der Waals surface area contributed by atoms with E-state index in [1.807, 2.05) is 37.3 Å². The third-order valence-electron chi connectivity index (χ3n) is 5.47. The first-order valence-corrected chi connectivity index (χ1v) is 11.5.